The van der Waals surface area contributed by atoms with E-state index in [9.17, 15) is 8.42 Å². The van der Waals surface area contributed by atoms with Crippen molar-refractivity contribution in [2.45, 2.75) is 43.8 Å². The Morgan fingerprint density at radius 1 is 1.20 bits per heavy atom. The molecule has 0 atom stereocenters. The molecular formula is C11H17BN2O5S. The normalized spacial score (nSPS) is 21.1. The van der Waals surface area contributed by atoms with E-state index in [-0.39, 0.29) is 4.90 Å². The van der Waals surface area contributed by atoms with E-state index in [4.69, 9.17) is 15.2 Å². The van der Waals surface area contributed by atoms with Gasteiger partial charge >= 0.3 is 17.2 Å². The van der Waals surface area contributed by atoms with E-state index in [1.807, 2.05) is 27.7 Å². The minimum Gasteiger partial charge on any atom is -0.399 e. The van der Waals surface area contributed by atoms with Crippen LogP contribution < -0.4 is 11.4 Å². The monoisotopic (exact) mass is 300 g/mol. The topological polar surface area (TPSA) is 101 Å². The molecule has 1 fully saturated rings. The summed E-state index contributed by atoms with van der Waals surface area (Å²) < 4.78 is 38.7. The molecule has 2 heterocycles. The van der Waals surface area contributed by atoms with E-state index in [1.54, 1.807) is 0 Å². The number of hydrogen-bond acceptors (Lipinski definition) is 7. The third-order valence-electron chi connectivity index (χ3n) is 3.68. The van der Waals surface area contributed by atoms with Crippen molar-refractivity contribution in [1.82, 2.24) is 4.98 Å². The summed E-state index contributed by atoms with van der Waals surface area (Å²) in [7, 11) is -4.70. The zero-order valence-corrected chi connectivity index (χ0v) is 12.6. The number of rotatable bonds is 3. The van der Waals surface area contributed by atoms with Gasteiger partial charge in [-0.15, -0.1) is 0 Å². The Labute approximate surface area is 118 Å². The highest BCUT2D eigenvalue weighted by atomic mass is 32.2. The van der Waals surface area contributed by atoms with Gasteiger partial charge in [-0.2, -0.15) is 18.6 Å². The van der Waals surface area contributed by atoms with Crippen LogP contribution in [0.3, 0.4) is 0 Å². The lowest BCUT2D eigenvalue weighted by Gasteiger charge is -2.32. The Hall–Kier alpha value is -0.995. The van der Waals surface area contributed by atoms with Crippen LogP contribution in [0.1, 0.15) is 27.7 Å². The quantitative estimate of drug-likeness (QED) is 0.617. The third-order valence-corrected chi connectivity index (χ3v) is 4.73. The van der Waals surface area contributed by atoms with E-state index in [1.165, 1.54) is 12.3 Å². The van der Waals surface area contributed by atoms with Crippen LogP contribution in [-0.2, 0) is 23.7 Å². The van der Waals surface area contributed by atoms with Crippen molar-refractivity contribution in [2.24, 2.45) is 5.90 Å². The maximum absolute atomic E-state index is 11.6. The number of aromatic nitrogens is 1. The SMILES string of the molecule is CC1(C)OB(c2cncc(S(=O)(=O)ON)c2)OC1(C)C. The molecule has 1 aromatic rings. The summed E-state index contributed by atoms with van der Waals surface area (Å²) in [5.74, 6) is 4.75. The summed E-state index contributed by atoms with van der Waals surface area (Å²) in [6.45, 7) is 7.63. The van der Waals surface area contributed by atoms with Gasteiger partial charge in [0.15, 0.2) is 0 Å². The third kappa shape index (κ3) is 2.59. The fraction of sp³-hybridized carbons (Fsp3) is 0.545. The molecule has 2 N–H and O–H groups in total. The van der Waals surface area contributed by atoms with Crippen molar-refractivity contribution in [3.63, 3.8) is 0 Å². The molecule has 1 aliphatic heterocycles. The van der Waals surface area contributed by atoms with Crippen LogP contribution in [0.25, 0.3) is 0 Å². The second kappa shape index (κ2) is 4.78. The zero-order chi connectivity index (χ0) is 15.2. The second-order valence-electron chi connectivity index (χ2n) is 5.59. The predicted molar refractivity (Wildman–Crippen MR) is 72.4 cm³/mol. The van der Waals surface area contributed by atoms with Gasteiger partial charge in [-0.05, 0) is 33.8 Å². The Bertz CT molecular complexity index is 601. The Balaban J connectivity index is 2.35. The second-order valence-corrected chi connectivity index (χ2v) is 7.16. The molecule has 9 heteroatoms. The predicted octanol–water partition coefficient (Wildman–Crippen LogP) is -0.0402. The van der Waals surface area contributed by atoms with Crippen LogP contribution in [0, 0.1) is 0 Å². The standard InChI is InChI=1S/C11H17BN2O5S/c1-10(2)11(3,4)18-12(17-10)8-5-9(7-14-6-8)20(15,16)19-13/h5-7H,13H2,1-4H3. The molecule has 0 aromatic carbocycles. The first-order valence-corrected chi connectivity index (χ1v) is 7.44. The number of pyridine rings is 1. The van der Waals surface area contributed by atoms with Crippen molar-refractivity contribution < 1.29 is 22.0 Å². The Morgan fingerprint density at radius 3 is 2.25 bits per heavy atom. The highest BCUT2D eigenvalue weighted by Gasteiger charge is 2.51. The summed E-state index contributed by atoms with van der Waals surface area (Å²) in [6.07, 6.45) is 2.63. The van der Waals surface area contributed by atoms with Gasteiger partial charge in [0, 0.05) is 17.9 Å². The molecule has 1 aromatic heterocycles. The molecule has 1 saturated heterocycles. The molecule has 1 aliphatic rings. The molecule has 0 bridgehead atoms. The van der Waals surface area contributed by atoms with Crippen LogP contribution in [-0.4, -0.2) is 31.7 Å². The van der Waals surface area contributed by atoms with Gasteiger partial charge in [0.2, 0.25) is 0 Å². The fourth-order valence-electron chi connectivity index (χ4n) is 1.74. The summed E-state index contributed by atoms with van der Waals surface area (Å²) in [6, 6.07) is 1.37. The maximum atomic E-state index is 11.6. The largest absolute Gasteiger partial charge is 0.496 e. The van der Waals surface area contributed by atoms with Crippen LogP contribution in [0.15, 0.2) is 23.4 Å². The van der Waals surface area contributed by atoms with Gasteiger partial charge in [0.05, 0.1) is 11.2 Å². The molecule has 7 nitrogen and oxygen atoms in total. The van der Waals surface area contributed by atoms with Gasteiger partial charge in [0.1, 0.15) is 4.90 Å². The summed E-state index contributed by atoms with van der Waals surface area (Å²) in [5.41, 5.74) is -0.546. The summed E-state index contributed by atoms with van der Waals surface area (Å²) in [5, 5.41) is 0. The lowest BCUT2D eigenvalue weighted by molar-refractivity contribution is 0.00578. The van der Waals surface area contributed by atoms with Gasteiger partial charge in [-0.1, -0.05) is 0 Å². The molecule has 0 saturated carbocycles. The highest BCUT2D eigenvalue weighted by molar-refractivity contribution is 7.86. The van der Waals surface area contributed by atoms with E-state index < -0.39 is 28.4 Å². The number of hydrogen-bond donors (Lipinski definition) is 1. The lowest BCUT2D eigenvalue weighted by Crippen LogP contribution is -2.41. The van der Waals surface area contributed by atoms with Gasteiger partial charge in [-0.3, -0.25) is 4.98 Å². The Morgan fingerprint density at radius 2 is 1.75 bits per heavy atom. The zero-order valence-electron chi connectivity index (χ0n) is 11.8. The van der Waals surface area contributed by atoms with Crippen molar-refractivity contribution in [3.05, 3.63) is 18.5 Å². The van der Waals surface area contributed by atoms with E-state index in [0.717, 1.165) is 6.20 Å². The molecule has 20 heavy (non-hydrogen) atoms. The highest BCUT2D eigenvalue weighted by Crippen LogP contribution is 2.36. The van der Waals surface area contributed by atoms with Crippen LogP contribution >= 0.6 is 0 Å². The van der Waals surface area contributed by atoms with Crippen LogP contribution in [0.2, 0.25) is 0 Å². The minimum atomic E-state index is -4.00. The molecule has 0 spiro atoms. The lowest BCUT2D eigenvalue weighted by atomic mass is 9.80. The first-order valence-electron chi connectivity index (χ1n) is 6.03. The smallest absolute Gasteiger partial charge is 0.399 e. The molecular weight excluding hydrogens is 283 g/mol. The average molecular weight is 300 g/mol. The van der Waals surface area contributed by atoms with Crippen LogP contribution in [0.5, 0.6) is 0 Å². The van der Waals surface area contributed by atoms with E-state index >= 15 is 0 Å². The molecule has 0 unspecified atom stereocenters. The van der Waals surface area contributed by atoms with Gasteiger partial charge < -0.3 is 9.31 Å². The first-order chi connectivity index (χ1) is 9.09. The van der Waals surface area contributed by atoms with Crippen molar-refractivity contribution in [1.29, 1.82) is 0 Å². The molecule has 110 valence electrons. The van der Waals surface area contributed by atoms with Gasteiger partial charge in [-0.25, -0.2) is 0 Å². The molecule has 0 amide bonds. The first kappa shape index (κ1) is 15.4. The fourth-order valence-corrected chi connectivity index (χ4v) is 2.32. The molecule has 2 rings (SSSR count). The van der Waals surface area contributed by atoms with E-state index in [2.05, 4.69) is 9.27 Å². The summed E-state index contributed by atoms with van der Waals surface area (Å²) in [4.78, 5) is 3.72. The summed E-state index contributed by atoms with van der Waals surface area (Å²) >= 11 is 0. The van der Waals surface area contributed by atoms with Crippen molar-refractivity contribution in [2.75, 3.05) is 0 Å². The van der Waals surface area contributed by atoms with Crippen LogP contribution in [0.4, 0.5) is 0 Å². The number of nitrogens with zero attached hydrogens (tertiary/aromatic N) is 1. The molecule has 0 aliphatic carbocycles. The van der Waals surface area contributed by atoms with Crippen molar-refractivity contribution >= 4 is 22.7 Å². The minimum absolute atomic E-state index is 0.146. The average Bonchev–Trinajstić information content (AvgIpc) is 2.59. The number of nitrogens with two attached hydrogens (primary N) is 1. The van der Waals surface area contributed by atoms with Gasteiger partial charge in [0.25, 0.3) is 0 Å². The molecule has 0 radical (unpaired) electrons. The maximum Gasteiger partial charge on any atom is 0.496 e. The Kier molecular flexibility index (Phi) is 3.68. The van der Waals surface area contributed by atoms with Crippen molar-refractivity contribution in [3.8, 4) is 0 Å². The van der Waals surface area contributed by atoms with E-state index in [0.29, 0.717) is 5.46 Å².